The van der Waals surface area contributed by atoms with E-state index in [9.17, 15) is 14.4 Å². The molecule has 1 aromatic carbocycles. The lowest BCUT2D eigenvalue weighted by atomic mass is 10.2. The van der Waals surface area contributed by atoms with Crippen LogP contribution in [0.15, 0.2) is 24.3 Å². The summed E-state index contributed by atoms with van der Waals surface area (Å²) in [5.74, 6) is -0.735. The Labute approximate surface area is 141 Å². The maximum Gasteiger partial charge on any atom is 0.338 e. The molecule has 0 unspecified atom stereocenters. The number of carbonyl (C=O) groups excluding carboxylic acids is 3. The third-order valence-electron chi connectivity index (χ3n) is 3.26. The molecule has 0 saturated heterocycles. The first kappa shape index (κ1) is 19.6. The summed E-state index contributed by atoms with van der Waals surface area (Å²) in [5, 5.41) is 2.70. The zero-order chi connectivity index (χ0) is 17.9. The molecule has 0 aliphatic rings. The number of hydrogen-bond donors (Lipinski definition) is 1. The highest BCUT2D eigenvalue weighted by Gasteiger charge is 2.14. The molecule has 0 spiro atoms. The number of anilines is 1. The lowest BCUT2D eigenvalue weighted by Gasteiger charge is -2.21. The van der Waals surface area contributed by atoms with Crippen LogP contribution in [0.5, 0.6) is 0 Å². The number of rotatable bonds is 9. The largest absolute Gasteiger partial charge is 0.462 e. The van der Waals surface area contributed by atoms with Gasteiger partial charge in [0.1, 0.15) is 0 Å². The van der Waals surface area contributed by atoms with Gasteiger partial charge in [0.05, 0.1) is 18.8 Å². The van der Waals surface area contributed by atoms with Crippen molar-refractivity contribution in [2.45, 2.75) is 20.3 Å². The van der Waals surface area contributed by atoms with Crippen molar-refractivity contribution < 1.29 is 23.9 Å². The number of hydrogen-bond acceptors (Lipinski definition) is 5. The van der Waals surface area contributed by atoms with Crippen molar-refractivity contribution in [1.82, 2.24) is 5.32 Å². The number of methoxy groups -OCH3 is 1. The Morgan fingerprint density at radius 1 is 1.17 bits per heavy atom. The van der Waals surface area contributed by atoms with Crippen LogP contribution in [-0.2, 0) is 19.1 Å². The van der Waals surface area contributed by atoms with Gasteiger partial charge in [0.15, 0.2) is 0 Å². The smallest absolute Gasteiger partial charge is 0.338 e. The minimum atomic E-state index is -0.407. The molecule has 7 heteroatoms. The zero-order valence-electron chi connectivity index (χ0n) is 14.3. The van der Waals surface area contributed by atoms with E-state index in [1.54, 1.807) is 38.3 Å². The summed E-state index contributed by atoms with van der Waals surface area (Å²) < 4.78 is 9.77. The molecular formula is C17H24N2O5. The van der Waals surface area contributed by atoms with Crippen LogP contribution < -0.4 is 10.2 Å². The van der Waals surface area contributed by atoms with Crippen molar-refractivity contribution in [3.05, 3.63) is 29.8 Å². The van der Waals surface area contributed by atoms with E-state index in [4.69, 9.17) is 9.47 Å². The predicted molar refractivity (Wildman–Crippen MR) is 89.9 cm³/mol. The van der Waals surface area contributed by atoms with Crippen molar-refractivity contribution in [3.8, 4) is 0 Å². The van der Waals surface area contributed by atoms with E-state index in [0.29, 0.717) is 31.0 Å². The summed E-state index contributed by atoms with van der Waals surface area (Å²) in [7, 11) is 1.56. The van der Waals surface area contributed by atoms with E-state index >= 15 is 0 Å². The maximum atomic E-state index is 11.8. The molecule has 1 aromatic rings. The first-order valence-corrected chi connectivity index (χ1v) is 7.80. The molecule has 1 N–H and O–H groups in total. The van der Waals surface area contributed by atoms with E-state index in [0.717, 1.165) is 0 Å². The summed E-state index contributed by atoms with van der Waals surface area (Å²) in [5.41, 5.74) is 1.04. The van der Waals surface area contributed by atoms with Gasteiger partial charge in [-0.2, -0.15) is 0 Å². The van der Waals surface area contributed by atoms with Crippen LogP contribution in [0.4, 0.5) is 5.69 Å². The highest BCUT2D eigenvalue weighted by Crippen LogP contribution is 2.16. The second-order valence-corrected chi connectivity index (χ2v) is 5.03. The van der Waals surface area contributed by atoms with Crippen LogP contribution in [0.3, 0.4) is 0 Å². The van der Waals surface area contributed by atoms with Crippen molar-refractivity contribution in [1.29, 1.82) is 0 Å². The summed E-state index contributed by atoms with van der Waals surface area (Å²) in [6.07, 6.45) is 0.183. The Morgan fingerprint density at radius 3 is 2.38 bits per heavy atom. The standard InChI is InChI=1S/C17H24N2O5/c1-4-24-17(22)14-5-7-15(8-6-14)19(13(2)20)11-9-16(21)18-10-12-23-3/h5-8H,4,9-12H2,1-3H3,(H,18,21). The molecule has 132 valence electrons. The SMILES string of the molecule is CCOC(=O)c1ccc(N(CCC(=O)NCCOC)C(C)=O)cc1. The average molecular weight is 336 g/mol. The van der Waals surface area contributed by atoms with Gasteiger partial charge < -0.3 is 19.7 Å². The molecule has 0 heterocycles. The summed E-state index contributed by atoms with van der Waals surface area (Å²) >= 11 is 0. The van der Waals surface area contributed by atoms with Gasteiger partial charge in [-0.05, 0) is 31.2 Å². The van der Waals surface area contributed by atoms with Gasteiger partial charge in [-0.3, -0.25) is 9.59 Å². The quantitative estimate of drug-likeness (QED) is 0.544. The van der Waals surface area contributed by atoms with E-state index < -0.39 is 5.97 Å². The number of carbonyl (C=O) groups is 3. The highest BCUT2D eigenvalue weighted by atomic mass is 16.5. The Kier molecular flexibility index (Phi) is 8.49. The highest BCUT2D eigenvalue weighted by molar-refractivity contribution is 5.94. The maximum absolute atomic E-state index is 11.8. The topological polar surface area (TPSA) is 84.9 Å². The third-order valence-corrected chi connectivity index (χ3v) is 3.26. The van der Waals surface area contributed by atoms with Crippen molar-refractivity contribution in [2.75, 3.05) is 38.3 Å². The van der Waals surface area contributed by atoms with Crippen molar-refractivity contribution >= 4 is 23.5 Å². The van der Waals surface area contributed by atoms with Crippen LogP contribution in [0, 0.1) is 0 Å². The molecular weight excluding hydrogens is 312 g/mol. The molecule has 0 aromatic heterocycles. The van der Waals surface area contributed by atoms with Crippen LogP contribution in [0.25, 0.3) is 0 Å². The average Bonchev–Trinajstić information content (AvgIpc) is 2.56. The molecule has 2 amide bonds. The van der Waals surface area contributed by atoms with Gasteiger partial charge in [0.2, 0.25) is 11.8 Å². The first-order valence-electron chi connectivity index (χ1n) is 7.80. The van der Waals surface area contributed by atoms with Crippen LogP contribution in [0.2, 0.25) is 0 Å². The minimum Gasteiger partial charge on any atom is -0.462 e. The molecule has 0 atom stereocenters. The normalized spacial score (nSPS) is 10.1. The summed E-state index contributed by atoms with van der Waals surface area (Å²) in [4.78, 5) is 36.7. The summed E-state index contributed by atoms with van der Waals surface area (Å²) in [6.45, 7) is 4.61. The van der Waals surface area contributed by atoms with Gasteiger partial charge in [0.25, 0.3) is 0 Å². The van der Waals surface area contributed by atoms with Gasteiger partial charge in [-0.1, -0.05) is 0 Å². The molecule has 24 heavy (non-hydrogen) atoms. The number of ether oxygens (including phenoxy) is 2. The number of nitrogens with zero attached hydrogens (tertiary/aromatic N) is 1. The predicted octanol–water partition coefficient (Wildman–Crippen LogP) is 1.37. The number of esters is 1. The second-order valence-electron chi connectivity index (χ2n) is 5.03. The Bertz CT molecular complexity index is 557. The molecule has 0 fully saturated rings. The van der Waals surface area contributed by atoms with Gasteiger partial charge in [0, 0.05) is 39.2 Å². The number of benzene rings is 1. The lowest BCUT2D eigenvalue weighted by molar-refractivity contribution is -0.121. The molecule has 0 aliphatic heterocycles. The van der Waals surface area contributed by atoms with Crippen molar-refractivity contribution in [2.24, 2.45) is 0 Å². The second kappa shape index (κ2) is 10.4. The van der Waals surface area contributed by atoms with Crippen LogP contribution in [-0.4, -0.2) is 51.2 Å². The summed E-state index contributed by atoms with van der Waals surface area (Å²) in [6, 6.07) is 6.52. The zero-order valence-corrected chi connectivity index (χ0v) is 14.3. The minimum absolute atomic E-state index is 0.151. The molecule has 0 saturated carbocycles. The Hall–Kier alpha value is -2.41. The molecule has 1 rings (SSSR count). The number of amides is 2. The number of nitrogens with one attached hydrogen (secondary N) is 1. The molecule has 7 nitrogen and oxygen atoms in total. The fourth-order valence-corrected chi connectivity index (χ4v) is 2.05. The molecule has 0 bridgehead atoms. The van der Waals surface area contributed by atoms with Crippen molar-refractivity contribution in [3.63, 3.8) is 0 Å². The molecule has 0 radical (unpaired) electrons. The third kappa shape index (κ3) is 6.37. The fourth-order valence-electron chi connectivity index (χ4n) is 2.05. The van der Waals surface area contributed by atoms with E-state index in [2.05, 4.69) is 5.32 Å². The van der Waals surface area contributed by atoms with Crippen LogP contribution >= 0.6 is 0 Å². The van der Waals surface area contributed by atoms with E-state index in [1.807, 2.05) is 0 Å². The first-order chi connectivity index (χ1) is 11.5. The Balaban J connectivity index is 2.66. The van der Waals surface area contributed by atoms with Gasteiger partial charge >= 0.3 is 5.97 Å². The monoisotopic (exact) mass is 336 g/mol. The van der Waals surface area contributed by atoms with E-state index in [-0.39, 0.29) is 24.8 Å². The van der Waals surface area contributed by atoms with E-state index in [1.165, 1.54) is 11.8 Å². The van der Waals surface area contributed by atoms with Gasteiger partial charge in [-0.15, -0.1) is 0 Å². The lowest BCUT2D eigenvalue weighted by Crippen LogP contribution is -2.34. The Morgan fingerprint density at radius 2 is 1.83 bits per heavy atom. The fraction of sp³-hybridized carbons (Fsp3) is 0.471. The van der Waals surface area contributed by atoms with Gasteiger partial charge in [-0.25, -0.2) is 4.79 Å². The molecule has 0 aliphatic carbocycles. The van der Waals surface area contributed by atoms with Crippen LogP contribution in [0.1, 0.15) is 30.6 Å².